The van der Waals surface area contributed by atoms with Gasteiger partial charge in [0.05, 0.1) is 5.25 Å². The molecule has 0 radical (unpaired) electrons. The van der Waals surface area contributed by atoms with E-state index in [1.807, 2.05) is 6.92 Å². The Kier molecular flexibility index (Phi) is 3.09. The zero-order chi connectivity index (χ0) is 5.86. The van der Waals surface area contributed by atoms with Gasteiger partial charge in [-0.1, -0.05) is 6.92 Å². The van der Waals surface area contributed by atoms with E-state index in [1.165, 1.54) is 0 Å². The second-order valence-electron chi connectivity index (χ2n) is 1.53. The lowest BCUT2D eigenvalue weighted by Gasteiger charge is -1.97. The summed E-state index contributed by atoms with van der Waals surface area (Å²) in [6, 6.07) is 0. The Morgan fingerprint density at radius 1 is 1.86 bits per heavy atom. The van der Waals surface area contributed by atoms with Crippen LogP contribution in [-0.4, -0.2) is 11.0 Å². The molecule has 0 aromatic rings. The summed E-state index contributed by atoms with van der Waals surface area (Å²) >= 11 is 3.98. The van der Waals surface area contributed by atoms with Crippen LogP contribution in [-0.2, 0) is 4.79 Å². The zero-order valence-corrected chi connectivity index (χ0v) is 5.53. The number of thiol groups is 1. The highest BCUT2D eigenvalue weighted by atomic mass is 32.1. The smallest absolute Gasteiger partial charge is 0.142 e. The Morgan fingerprint density at radius 3 is 2.29 bits per heavy atom. The van der Waals surface area contributed by atoms with Crippen LogP contribution in [0.15, 0.2) is 0 Å². The van der Waals surface area contributed by atoms with Gasteiger partial charge in [0.2, 0.25) is 0 Å². The highest BCUT2D eigenvalue weighted by Crippen LogP contribution is 1.99. The Labute approximate surface area is 49.5 Å². The van der Waals surface area contributed by atoms with E-state index < -0.39 is 0 Å². The molecule has 1 atom stereocenters. The third-order valence-electron chi connectivity index (χ3n) is 0.856. The molecule has 0 rings (SSSR count). The first-order chi connectivity index (χ1) is 3.18. The Morgan fingerprint density at radius 2 is 2.29 bits per heavy atom. The van der Waals surface area contributed by atoms with Crippen LogP contribution in [0, 0.1) is 0 Å². The van der Waals surface area contributed by atoms with Gasteiger partial charge in [0.1, 0.15) is 5.78 Å². The van der Waals surface area contributed by atoms with Gasteiger partial charge in [-0.05, 0) is 13.3 Å². The Hall–Kier alpha value is 0.0200. The number of Topliss-reactive ketones (excluding diaryl/α,β-unsaturated/α-hetero) is 1. The molecule has 7 heavy (non-hydrogen) atoms. The van der Waals surface area contributed by atoms with Crippen molar-refractivity contribution in [2.75, 3.05) is 0 Å². The van der Waals surface area contributed by atoms with Gasteiger partial charge in [0, 0.05) is 0 Å². The monoisotopic (exact) mass is 118 g/mol. The minimum atomic E-state index is -0.0417. The highest BCUT2D eigenvalue weighted by molar-refractivity contribution is 7.81. The standard InChI is InChI=1S/C5H10OS/c1-3-5(7)4(2)6/h5,7H,3H2,1-2H3/t5-/m0/s1. The molecule has 0 fully saturated rings. The van der Waals surface area contributed by atoms with Gasteiger partial charge >= 0.3 is 0 Å². The van der Waals surface area contributed by atoms with Crippen LogP contribution in [0.3, 0.4) is 0 Å². The molecule has 0 amide bonds. The average Bonchev–Trinajstić information content (AvgIpc) is 1.65. The van der Waals surface area contributed by atoms with E-state index in [1.54, 1.807) is 6.92 Å². The van der Waals surface area contributed by atoms with Crippen molar-refractivity contribution >= 4 is 18.4 Å². The third-order valence-corrected chi connectivity index (χ3v) is 1.58. The first-order valence-electron chi connectivity index (χ1n) is 2.37. The number of hydrogen-bond acceptors (Lipinski definition) is 2. The fourth-order valence-corrected chi connectivity index (χ4v) is 0.287. The van der Waals surface area contributed by atoms with Gasteiger partial charge in [0.15, 0.2) is 0 Å². The van der Waals surface area contributed by atoms with Gasteiger partial charge in [-0.3, -0.25) is 4.79 Å². The molecule has 0 heterocycles. The normalized spacial score (nSPS) is 13.6. The topological polar surface area (TPSA) is 17.1 Å². The number of ketones is 1. The number of hydrogen-bond donors (Lipinski definition) is 1. The summed E-state index contributed by atoms with van der Waals surface area (Å²) in [5.41, 5.74) is 0. The second kappa shape index (κ2) is 3.08. The second-order valence-corrected chi connectivity index (χ2v) is 2.16. The number of carbonyl (C=O) groups excluding carboxylic acids is 1. The van der Waals surface area contributed by atoms with Crippen molar-refractivity contribution in [2.24, 2.45) is 0 Å². The van der Waals surface area contributed by atoms with Crippen molar-refractivity contribution in [3.8, 4) is 0 Å². The van der Waals surface area contributed by atoms with Crippen LogP contribution in [0.5, 0.6) is 0 Å². The first-order valence-corrected chi connectivity index (χ1v) is 2.88. The molecule has 0 N–H and O–H groups in total. The lowest BCUT2D eigenvalue weighted by molar-refractivity contribution is -0.116. The van der Waals surface area contributed by atoms with Crippen LogP contribution >= 0.6 is 12.6 Å². The van der Waals surface area contributed by atoms with E-state index in [0.29, 0.717) is 0 Å². The maximum Gasteiger partial charge on any atom is 0.142 e. The van der Waals surface area contributed by atoms with Crippen molar-refractivity contribution in [2.45, 2.75) is 25.5 Å². The van der Waals surface area contributed by atoms with E-state index in [4.69, 9.17) is 0 Å². The molecule has 0 aliphatic carbocycles. The molecule has 2 heteroatoms. The average molecular weight is 118 g/mol. The molecular formula is C5H10OS. The molecule has 42 valence electrons. The van der Waals surface area contributed by atoms with E-state index >= 15 is 0 Å². The number of rotatable bonds is 2. The Bertz CT molecular complexity index is 70.5. The lowest BCUT2D eigenvalue weighted by atomic mass is 10.2. The predicted octanol–water partition coefficient (Wildman–Crippen LogP) is 1.28. The minimum absolute atomic E-state index is 0.0417. The van der Waals surface area contributed by atoms with Crippen LogP contribution < -0.4 is 0 Å². The molecule has 0 bridgehead atoms. The summed E-state index contributed by atoms with van der Waals surface area (Å²) in [5, 5.41) is -0.0417. The van der Waals surface area contributed by atoms with Crippen LogP contribution in [0.25, 0.3) is 0 Å². The summed E-state index contributed by atoms with van der Waals surface area (Å²) in [6.07, 6.45) is 0.832. The Balaban J connectivity index is 3.34. The maximum absolute atomic E-state index is 10.3. The van der Waals surface area contributed by atoms with Gasteiger partial charge in [-0.25, -0.2) is 0 Å². The van der Waals surface area contributed by atoms with Crippen molar-refractivity contribution in [3.63, 3.8) is 0 Å². The fourth-order valence-electron chi connectivity index (χ4n) is 0.287. The van der Waals surface area contributed by atoms with Gasteiger partial charge in [-0.15, -0.1) is 0 Å². The summed E-state index contributed by atoms with van der Waals surface area (Å²) in [5.74, 6) is 0.158. The summed E-state index contributed by atoms with van der Waals surface area (Å²) in [4.78, 5) is 10.3. The van der Waals surface area contributed by atoms with Gasteiger partial charge < -0.3 is 0 Å². The van der Waals surface area contributed by atoms with E-state index in [0.717, 1.165) is 6.42 Å². The largest absolute Gasteiger partial charge is 0.299 e. The molecular weight excluding hydrogens is 108 g/mol. The van der Waals surface area contributed by atoms with Crippen LogP contribution in [0.1, 0.15) is 20.3 Å². The van der Waals surface area contributed by atoms with Crippen LogP contribution in [0.2, 0.25) is 0 Å². The molecule has 0 aromatic heterocycles. The van der Waals surface area contributed by atoms with Gasteiger partial charge in [0.25, 0.3) is 0 Å². The molecule has 0 saturated carbocycles. The van der Waals surface area contributed by atoms with E-state index in [2.05, 4.69) is 12.6 Å². The number of carbonyl (C=O) groups is 1. The fraction of sp³-hybridized carbons (Fsp3) is 0.800. The summed E-state index contributed by atoms with van der Waals surface area (Å²) in [7, 11) is 0. The molecule has 0 aromatic carbocycles. The molecule has 0 unspecified atom stereocenters. The zero-order valence-electron chi connectivity index (χ0n) is 4.64. The van der Waals surface area contributed by atoms with E-state index in [9.17, 15) is 4.79 Å². The van der Waals surface area contributed by atoms with E-state index in [-0.39, 0.29) is 11.0 Å². The molecule has 0 aliphatic rings. The quantitative estimate of drug-likeness (QED) is 0.540. The van der Waals surface area contributed by atoms with Crippen molar-refractivity contribution in [3.05, 3.63) is 0 Å². The SMILES string of the molecule is CC[C@H](S)C(C)=O. The minimum Gasteiger partial charge on any atom is -0.299 e. The summed E-state index contributed by atoms with van der Waals surface area (Å²) in [6.45, 7) is 3.50. The molecule has 0 spiro atoms. The third kappa shape index (κ3) is 2.68. The molecule has 0 saturated heterocycles. The molecule has 0 aliphatic heterocycles. The first kappa shape index (κ1) is 7.02. The molecule has 1 nitrogen and oxygen atoms in total. The summed E-state index contributed by atoms with van der Waals surface area (Å²) < 4.78 is 0. The van der Waals surface area contributed by atoms with Gasteiger partial charge in [-0.2, -0.15) is 12.6 Å². The predicted molar refractivity (Wildman–Crippen MR) is 33.7 cm³/mol. The van der Waals surface area contributed by atoms with Crippen molar-refractivity contribution < 1.29 is 4.79 Å². The van der Waals surface area contributed by atoms with Crippen molar-refractivity contribution in [1.29, 1.82) is 0 Å². The lowest BCUT2D eigenvalue weighted by Crippen LogP contribution is -2.07. The highest BCUT2D eigenvalue weighted by Gasteiger charge is 2.02. The maximum atomic E-state index is 10.3. The van der Waals surface area contributed by atoms with Crippen molar-refractivity contribution in [1.82, 2.24) is 0 Å². The van der Waals surface area contributed by atoms with Crippen LogP contribution in [0.4, 0.5) is 0 Å².